The minimum absolute atomic E-state index is 0.154. The molecule has 0 unspecified atom stereocenters. The molecule has 3 heteroatoms. The molecule has 68 valence electrons. The number of thioether (sulfide) groups is 1. The summed E-state index contributed by atoms with van der Waals surface area (Å²) < 4.78 is 1.75. The van der Waals surface area contributed by atoms with E-state index in [2.05, 4.69) is 6.07 Å². The van der Waals surface area contributed by atoms with Gasteiger partial charge in [0, 0.05) is 10.6 Å². The molecule has 2 aliphatic heterocycles. The van der Waals surface area contributed by atoms with E-state index >= 15 is 0 Å². The number of carbonyl (C=O) groups is 1. The predicted molar refractivity (Wildman–Crippen MR) is 56.0 cm³/mol. The van der Waals surface area contributed by atoms with E-state index in [1.807, 2.05) is 29.8 Å². The second-order valence-corrected chi connectivity index (χ2v) is 4.22. The highest BCUT2D eigenvalue weighted by Crippen LogP contribution is 2.16. The van der Waals surface area contributed by atoms with Gasteiger partial charge in [0.25, 0.3) is 0 Å². The molecule has 1 aromatic carbocycles. The molecule has 0 saturated carbocycles. The molecule has 0 radical (unpaired) electrons. The van der Waals surface area contributed by atoms with E-state index in [0.717, 1.165) is 10.3 Å². The first-order valence-electron chi connectivity index (χ1n) is 4.48. The maximum atomic E-state index is 11.6. The van der Waals surface area contributed by atoms with Crippen LogP contribution in [0.4, 0.5) is 0 Å². The van der Waals surface area contributed by atoms with Crippen molar-refractivity contribution < 1.29 is 4.79 Å². The van der Waals surface area contributed by atoms with Crippen molar-refractivity contribution >= 4 is 23.7 Å². The maximum absolute atomic E-state index is 11.6. The topological polar surface area (TPSA) is 20.1 Å². The van der Waals surface area contributed by atoms with Crippen molar-refractivity contribution in [2.75, 3.05) is 0 Å². The first kappa shape index (κ1) is 8.00. The molecule has 0 spiro atoms. The van der Waals surface area contributed by atoms with Crippen molar-refractivity contribution in [1.82, 2.24) is 4.58 Å². The maximum Gasteiger partial charge on any atom is 0.396 e. The van der Waals surface area contributed by atoms with Crippen molar-refractivity contribution in [2.24, 2.45) is 0 Å². The molecule has 1 aromatic rings. The van der Waals surface area contributed by atoms with Crippen LogP contribution in [-0.2, 0) is 4.79 Å². The Balaban J connectivity index is 2.58. The van der Waals surface area contributed by atoms with Gasteiger partial charge in [-0.3, -0.25) is 0 Å². The Hall–Kier alpha value is -1.35. The molecular formula is C11H8NOS+. The molecule has 2 heterocycles. The first-order valence-corrected chi connectivity index (χ1v) is 5.36. The van der Waals surface area contributed by atoms with Gasteiger partial charge < -0.3 is 0 Å². The number of benzene rings is 1. The van der Waals surface area contributed by atoms with Crippen molar-refractivity contribution in [3.8, 4) is 0 Å². The lowest BCUT2D eigenvalue weighted by atomic mass is 10.2. The molecule has 14 heavy (non-hydrogen) atoms. The molecule has 0 bridgehead atoms. The van der Waals surface area contributed by atoms with Gasteiger partial charge in [-0.1, -0.05) is 23.9 Å². The Morgan fingerprint density at radius 3 is 3.21 bits per heavy atom. The molecule has 0 saturated heterocycles. The average Bonchev–Trinajstić information content (AvgIpc) is 2.24. The Morgan fingerprint density at radius 1 is 1.36 bits per heavy atom. The van der Waals surface area contributed by atoms with Gasteiger partial charge in [0.05, 0.1) is 11.3 Å². The van der Waals surface area contributed by atoms with E-state index in [9.17, 15) is 4.79 Å². The molecule has 3 rings (SSSR count). The van der Waals surface area contributed by atoms with E-state index in [0.29, 0.717) is 6.42 Å². The fraction of sp³-hybridized carbons (Fsp3) is 0.0909. The zero-order chi connectivity index (χ0) is 9.54. The molecule has 0 N–H and O–H groups in total. The highest BCUT2D eigenvalue weighted by molar-refractivity contribution is 8.02. The van der Waals surface area contributed by atoms with Crippen LogP contribution in [0.1, 0.15) is 6.42 Å². The summed E-state index contributed by atoms with van der Waals surface area (Å²) in [6.07, 6.45) is 4.36. The van der Waals surface area contributed by atoms with Crippen molar-refractivity contribution in [3.05, 3.63) is 40.4 Å². The van der Waals surface area contributed by atoms with Crippen LogP contribution in [0.3, 0.4) is 0 Å². The molecule has 0 aromatic heterocycles. The largest absolute Gasteiger partial charge is 0.396 e. The van der Waals surface area contributed by atoms with Crippen LogP contribution >= 0.6 is 11.8 Å². The molecule has 0 aliphatic carbocycles. The number of nitrogens with zero attached hydrogens (tertiary/aromatic N) is 1. The standard InChI is InChI=1S/C11H8NOS/c13-10-5-4-8-2-1-3-9-11(8)12(10)6-7-14-9/h1-4,6-7H,5H2/q+1. The predicted octanol–water partition coefficient (Wildman–Crippen LogP) is 0.465. The number of rotatable bonds is 0. The monoisotopic (exact) mass is 202 g/mol. The summed E-state index contributed by atoms with van der Waals surface area (Å²) >= 11 is 1.66. The normalized spacial score (nSPS) is 17.7. The van der Waals surface area contributed by atoms with Gasteiger partial charge in [0.15, 0.2) is 6.20 Å². The van der Waals surface area contributed by atoms with E-state index < -0.39 is 0 Å². The average molecular weight is 202 g/mol. The second-order valence-electron chi connectivity index (χ2n) is 3.27. The second kappa shape index (κ2) is 2.82. The Labute approximate surface area is 85.3 Å². The lowest BCUT2D eigenvalue weighted by Crippen LogP contribution is -2.45. The fourth-order valence-corrected chi connectivity index (χ4v) is 2.61. The van der Waals surface area contributed by atoms with Crippen molar-refractivity contribution in [2.45, 2.75) is 11.3 Å². The van der Waals surface area contributed by atoms with Gasteiger partial charge in [-0.15, -0.1) is 4.58 Å². The van der Waals surface area contributed by atoms with E-state index in [4.69, 9.17) is 0 Å². The Kier molecular flexibility index (Phi) is 1.61. The lowest BCUT2D eigenvalue weighted by molar-refractivity contribution is -0.120. The van der Waals surface area contributed by atoms with Crippen LogP contribution in [0.15, 0.2) is 34.7 Å². The highest BCUT2D eigenvalue weighted by Gasteiger charge is 2.23. The SMILES string of the molecule is O=C1CC=c2cccc3c2=[N+]1C=CS3. The smallest absolute Gasteiger partial charge is 0.219 e. The van der Waals surface area contributed by atoms with Gasteiger partial charge in [-0.25, -0.2) is 4.79 Å². The van der Waals surface area contributed by atoms with Crippen molar-refractivity contribution in [3.63, 3.8) is 0 Å². The molecule has 1 amide bonds. The molecule has 2 nitrogen and oxygen atoms in total. The third-order valence-corrected chi connectivity index (χ3v) is 3.28. The molecule has 0 atom stereocenters. The van der Waals surface area contributed by atoms with Crippen LogP contribution in [0, 0.1) is 0 Å². The summed E-state index contributed by atoms with van der Waals surface area (Å²) in [6.45, 7) is 0. The summed E-state index contributed by atoms with van der Waals surface area (Å²) in [5, 5.41) is 4.17. The van der Waals surface area contributed by atoms with E-state index in [1.165, 1.54) is 5.22 Å². The van der Waals surface area contributed by atoms with Gasteiger partial charge in [-0.05, 0) is 12.1 Å². The van der Waals surface area contributed by atoms with Gasteiger partial charge in [0.1, 0.15) is 0 Å². The third kappa shape index (κ3) is 0.990. The van der Waals surface area contributed by atoms with Crippen LogP contribution in [0.5, 0.6) is 0 Å². The zero-order valence-electron chi connectivity index (χ0n) is 7.43. The Bertz CT molecular complexity index is 571. The summed E-state index contributed by atoms with van der Waals surface area (Å²) in [7, 11) is 0. The molecule has 0 fully saturated rings. The summed E-state index contributed by atoms with van der Waals surface area (Å²) in [6, 6.07) is 6.13. The van der Waals surface area contributed by atoms with Gasteiger partial charge in [-0.2, -0.15) is 0 Å². The van der Waals surface area contributed by atoms with Crippen LogP contribution in [-0.4, -0.2) is 5.91 Å². The van der Waals surface area contributed by atoms with Crippen molar-refractivity contribution in [1.29, 1.82) is 0 Å². The Morgan fingerprint density at radius 2 is 2.29 bits per heavy atom. The fourth-order valence-electron chi connectivity index (χ4n) is 1.80. The number of hydrogen-bond acceptors (Lipinski definition) is 2. The molecule has 2 aliphatic rings. The number of amides is 1. The summed E-state index contributed by atoms with van der Waals surface area (Å²) in [5.41, 5.74) is 0. The van der Waals surface area contributed by atoms with Gasteiger partial charge >= 0.3 is 5.91 Å². The van der Waals surface area contributed by atoms with Crippen LogP contribution in [0.2, 0.25) is 0 Å². The van der Waals surface area contributed by atoms with Crippen LogP contribution < -0.4 is 15.2 Å². The van der Waals surface area contributed by atoms with Gasteiger partial charge in [0.2, 0.25) is 5.36 Å². The van der Waals surface area contributed by atoms with E-state index in [1.54, 1.807) is 16.3 Å². The minimum atomic E-state index is 0.154. The quantitative estimate of drug-likeness (QED) is 0.570. The number of carbonyl (C=O) groups excluding carboxylic acids is 1. The summed E-state index contributed by atoms with van der Waals surface area (Å²) in [4.78, 5) is 12.8. The first-order chi connectivity index (χ1) is 6.86. The summed E-state index contributed by atoms with van der Waals surface area (Å²) in [5.74, 6) is 0.154. The van der Waals surface area contributed by atoms with Crippen LogP contribution in [0.25, 0.3) is 6.08 Å². The molecular weight excluding hydrogens is 194 g/mol. The third-order valence-electron chi connectivity index (χ3n) is 2.44. The minimum Gasteiger partial charge on any atom is -0.219 e. The number of para-hydroxylation sites is 1. The number of hydrogen-bond donors (Lipinski definition) is 0. The lowest BCUT2D eigenvalue weighted by Gasteiger charge is -2.06. The van der Waals surface area contributed by atoms with E-state index in [-0.39, 0.29) is 5.91 Å². The highest BCUT2D eigenvalue weighted by atomic mass is 32.2. The zero-order valence-corrected chi connectivity index (χ0v) is 8.25.